The quantitative estimate of drug-likeness (QED) is 0.522. The van der Waals surface area contributed by atoms with Crippen LogP contribution in [0.1, 0.15) is 11.1 Å². The molecule has 0 bridgehead atoms. The Morgan fingerprint density at radius 3 is 2.36 bits per heavy atom. The van der Waals surface area contributed by atoms with Gasteiger partial charge in [0.1, 0.15) is 12.4 Å². The van der Waals surface area contributed by atoms with E-state index in [-0.39, 0.29) is 0 Å². The Morgan fingerprint density at radius 1 is 0.800 bits per heavy atom. The van der Waals surface area contributed by atoms with Crippen LogP contribution >= 0.6 is 23.2 Å². The number of hydrazine groups is 1. The largest absolute Gasteiger partial charge is 0.489 e. The van der Waals surface area contributed by atoms with Gasteiger partial charge in [-0.15, -0.1) is 0 Å². The lowest BCUT2D eigenvalue weighted by Crippen LogP contribution is -2.21. The molecule has 0 amide bonds. The summed E-state index contributed by atoms with van der Waals surface area (Å²) in [4.78, 5) is 0. The van der Waals surface area contributed by atoms with E-state index in [0.717, 1.165) is 22.6 Å². The Bertz CT molecular complexity index is 825. The highest BCUT2D eigenvalue weighted by Crippen LogP contribution is 2.24. The molecule has 0 aliphatic heterocycles. The fourth-order valence-electron chi connectivity index (χ4n) is 2.34. The monoisotopic (exact) mass is 372 g/mol. The van der Waals surface area contributed by atoms with Crippen LogP contribution in [0.25, 0.3) is 0 Å². The summed E-state index contributed by atoms with van der Waals surface area (Å²) in [6, 6.07) is 23.4. The summed E-state index contributed by atoms with van der Waals surface area (Å²) in [5.41, 5.74) is 9.42. The highest BCUT2D eigenvalue weighted by molar-refractivity contribution is 6.42. The second-order valence-corrected chi connectivity index (χ2v) is 6.30. The van der Waals surface area contributed by atoms with Crippen LogP contribution in [0, 0.1) is 0 Å². The fraction of sp³-hybridized carbons (Fsp3) is 0.100. The summed E-state index contributed by atoms with van der Waals surface area (Å²) in [5.74, 6) is 0.830. The third-order valence-electron chi connectivity index (χ3n) is 3.64. The van der Waals surface area contributed by atoms with E-state index in [1.165, 1.54) is 0 Å². The van der Waals surface area contributed by atoms with Gasteiger partial charge in [0.15, 0.2) is 0 Å². The summed E-state index contributed by atoms with van der Waals surface area (Å²) < 4.78 is 5.95. The molecule has 3 aromatic carbocycles. The number of ether oxygens (including phenoxy) is 1. The lowest BCUT2D eigenvalue weighted by Gasteiger charge is -2.13. The zero-order chi connectivity index (χ0) is 17.5. The first kappa shape index (κ1) is 17.6. The van der Waals surface area contributed by atoms with Gasteiger partial charge in [-0.25, -0.2) is 5.43 Å². The van der Waals surface area contributed by atoms with Gasteiger partial charge in [0, 0.05) is 17.8 Å². The molecule has 3 aromatic rings. The van der Waals surface area contributed by atoms with E-state index in [2.05, 4.69) is 10.9 Å². The molecule has 0 fully saturated rings. The lowest BCUT2D eigenvalue weighted by atomic mass is 10.2. The van der Waals surface area contributed by atoms with Crippen LogP contribution in [-0.4, -0.2) is 0 Å². The molecule has 0 saturated heterocycles. The Labute approximate surface area is 157 Å². The van der Waals surface area contributed by atoms with Gasteiger partial charge in [0.05, 0.1) is 10.0 Å². The first-order valence-electron chi connectivity index (χ1n) is 7.91. The van der Waals surface area contributed by atoms with Crippen molar-refractivity contribution in [1.82, 2.24) is 5.43 Å². The van der Waals surface area contributed by atoms with Crippen LogP contribution < -0.4 is 15.6 Å². The zero-order valence-electron chi connectivity index (χ0n) is 13.5. The molecule has 0 aliphatic rings. The third kappa shape index (κ3) is 5.13. The number of halogens is 2. The van der Waals surface area contributed by atoms with E-state index < -0.39 is 0 Å². The minimum Gasteiger partial charge on any atom is -0.489 e. The molecule has 5 heteroatoms. The van der Waals surface area contributed by atoms with Gasteiger partial charge in [0.25, 0.3) is 0 Å². The second-order valence-electron chi connectivity index (χ2n) is 5.49. The molecule has 0 atom stereocenters. The van der Waals surface area contributed by atoms with Crippen molar-refractivity contribution in [2.45, 2.75) is 13.2 Å². The lowest BCUT2D eigenvalue weighted by molar-refractivity contribution is 0.302. The normalized spacial score (nSPS) is 10.5. The van der Waals surface area contributed by atoms with E-state index in [1.807, 2.05) is 66.7 Å². The summed E-state index contributed by atoms with van der Waals surface area (Å²) >= 11 is 12.0. The molecular formula is C20H18Cl2N2O. The second kappa shape index (κ2) is 8.77. The fourth-order valence-corrected chi connectivity index (χ4v) is 2.66. The minimum atomic E-state index is 0.431. The number of benzene rings is 3. The minimum absolute atomic E-state index is 0.431. The van der Waals surface area contributed by atoms with Gasteiger partial charge >= 0.3 is 0 Å². The molecule has 2 N–H and O–H groups in total. The van der Waals surface area contributed by atoms with Gasteiger partial charge in [-0.3, -0.25) is 0 Å². The molecule has 3 rings (SSSR count). The Morgan fingerprint density at radius 2 is 1.56 bits per heavy atom. The number of nitrogens with one attached hydrogen (secondary N) is 2. The maximum absolute atomic E-state index is 6.05. The Hall–Kier alpha value is -2.20. The van der Waals surface area contributed by atoms with Crippen molar-refractivity contribution in [3.05, 3.63) is 94.0 Å². The molecule has 0 radical (unpaired) electrons. The topological polar surface area (TPSA) is 33.3 Å². The number of hydrogen-bond donors (Lipinski definition) is 2. The summed E-state index contributed by atoms with van der Waals surface area (Å²) in [5, 5.41) is 1.08. The summed E-state index contributed by atoms with van der Waals surface area (Å²) in [6.07, 6.45) is 0. The van der Waals surface area contributed by atoms with Crippen molar-refractivity contribution in [3.8, 4) is 5.75 Å². The van der Waals surface area contributed by atoms with E-state index in [4.69, 9.17) is 27.9 Å². The molecule has 0 aliphatic carbocycles. The van der Waals surface area contributed by atoms with Crippen molar-refractivity contribution < 1.29 is 4.74 Å². The van der Waals surface area contributed by atoms with Crippen LogP contribution in [0.2, 0.25) is 10.0 Å². The van der Waals surface area contributed by atoms with E-state index in [9.17, 15) is 0 Å². The Kier molecular flexibility index (Phi) is 6.18. The molecule has 0 heterocycles. The number of para-hydroxylation sites is 2. The van der Waals surface area contributed by atoms with Crippen LogP contribution in [0.3, 0.4) is 0 Å². The zero-order valence-corrected chi connectivity index (χ0v) is 15.0. The molecule has 0 aromatic heterocycles. The molecular weight excluding hydrogens is 355 g/mol. The van der Waals surface area contributed by atoms with E-state index >= 15 is 0 Å². The number of anilines is 1. The average Bonchev–Trinajstić information content (AvgIpc) is 2.64. The van der Waals surface area contributed by atoms with E-state index in [0.29, 0.717) is 23.2 Å². The van der Waals surface area contributed by atoms with Crippen molar-refractivity contribution in [3.63, 3.8) is 0 Å². The molecule has 0 unspecified atom stereocenters. The van der Waals surface area contributed by atoms with Crippen LogP contribution in [-0.2, 0) is 13.2 Å². The molecule has 3 nitrogen and oxygen atoms in total. The maximum Gasteiger partial charge on any atom is 0.124 e. The Balaban J connectivity index is 1.59. The maximum atomic E-state index is 6.05. The summed E-state index contributed by atoms with van der Waals surface area (Å²) in [7, 11) is 0. The van der Waals surface area contributed by atoms with E-state index in [1.54, 1.807) is 6.07 Å². The predicted octanol–water partition coefficient (Wildman–Crippen LogP) is 5.69. The molecule has 128 valence electrons. The predicted molar refractivity (Wildman–Crippen MR) is 104 cm³/mol. The average molecular weight is 373 g/mol. The van der Waals surface area contributed by atoms with Gasteiger partial charge in [-0.1, -0.05) is 65.7 Å². The van der Waals surface area contributed by atoms with Crippen LogP contribution in [0.4, 0.5) is 5.69 Å². The van der Waals surface area contributed by atoms with Crippen LogP contribution in [0.15, 0.2) is 72.8 Å². The van der Waals surface area contributed by atoms with Crippen molar-refractivity contribution in [2.24, 2.45) is 0 Å². The van der Waals surface area contributed by atoms with Gasteiger partial charge in [-0.2, -0.15) is 0 Å². The first-order valence-corrected chi connectivity index (χ1v) is 8.66. The first-order chi connectivity index (χ1) is 12.2. The van der Waals surface area contributed by atoms with Gasteiger partial charge in [-0.05, 0) is 35.9 Å². The van der Waals surface area contributed by atoms with Crippen LogP contribution in [0.5, 0.6) is 5.75 Å². The SMILES string of the molecule is Clc1ccc(COc2ccccc2CNNc2ccccc2)cc1Cl. The molecule has 0 saturated carbocycles. The highest BCUT2D eigenvalue weighted by Gasteiger charge is 2.05. The third-order valence-corrected chi connectivity index (χ3v) is 4.38. The van der Waals surface area contributed by atoms with Crippen molar-refractivity contribution in [1.29, 1.82) is 0 Å². The number of hydrogen-bond acceptors (Lipinski definition) is 3. The highest BCUT2D eigenvalue weighted by atomic mass is 35.5. The summed E-state index contributed by atoms with van der Waals surface area (Å²) in [6.45, 7) is 1.06. The van der Waals surface area contributed by atoms with Crippen molar-refractivity contribution in [2.75, 3.05) is 5.43 Å². The standard InChI is InChI=1S/C20H18Cl2N2O/c21-18-11-10-15(12-19(18)22)14-25-20-9-5-4-6-16(20)13-23-24-17-7-2-1-3-8-17/h1-12,23-24H,13-14H2. The molecule has 25 heavy (non-hydrogen) atoms. The van der Waals surface area contributed by atoms with Gasteiger partial charge < -0.3 is 10.2 Å². The molecule has 0 spiro atoms. The van der Waals surface area contributed by atoms with Gasteiger partial charge in [0.2, 0.25) is 0 Å². The number of rotatable bonds is 7. The van der Waals surface area contributed by atoms with Crippen molar-refractivity contribution >= 4 is 28.9 Å². The smallest absolute Gasteiger partial charge is 0.124 e.